The molecule has 6 nitrogen and oxygen atoms in total. The Morgan fingerprint density at radius 2 is 1.71 bits per heavy atom. The van der Waals surface area contributed by atoms with Crippen molar-refractivity contribution in [1.82, 2.24) is 9.80 Å². The van der Waals surface area contributed by atoms with Gasteiger partial charge >= 0.3 is 0 Å². The molecule has 1 aliphatic rings. The molecular formula is C15H17N3O3. The van der Waals surface area contributed by atoms with Gasteiger partial charge in [-0.1, -0.05) is 0 Å². The van der Waals surface area contributed by atoms with Crippen LogP contribution in [0.3, 0.4) is 0 Å². The quantitative estimate of drug-likeness (QED) is 0.811. The van der Waals surface area contributed by atoms with E-state index in [1.54, 1.807) is 34.1 Å². The third kappa shape index (κ3) is 3.58. The smallest absolute Gasteiger partial charge is 0.253 e. The Labute approximate surface area is 123 Å². The largest absolute Gasteiger partial charge is 0.375 e. The van der Waals surface area contributed by atoms with Crippen molar-refractivity contribution in [2.24, 2.45) is 0 Å². The van der Waals surface area contributed by atoms with E-state index in [1.807, 2.05) is 6.07 Å². The van der Waals surface area contributed by atoms with Crippen molar-refractivity contribution >= 4 is 11.8 Å². The molecule has 0 spiro atoms. The van der Waals surface area contributed by atoms with Crippen molar-refractivity contribution in [3.05, 3.63) is 35.4 Å². The number of hydrogen-bond acceptors (Lipinski definition) is 4. The maximum Gasteiger partial charge on any atom is 0.253 e. The Kier molecular flexibility index (Phi) is 4.90. The fourth-order valence-corrected chi connectivity index (χ4v) is 2.24. The Balaban J connectivity index is 1.93. The van der Waals surface area contributed by atoms with Crippen LogP contribution in [-0.2, 0) is 9.53 Å². The molecular weight excluding hydrogens is 270 g/mol. The molecule has 1 aromatic rings. The van der Waals surface area contributed by atoms with Crippen LogP contribution in [0.5, 0.6) is 0 Å². The first-order valence-electron chi connectivity index (χ1n) is 6.72. The fraction of sp³-hybridized carbons (Fsp3) is 0.400. The topological polar surface area (TPSA) is 73.6 Å². The van der Waals surface area contributed by atoms with Gasteiger partial charge in [-0.25, -0.2) is 0 Å². The number of amides is 2. The molecule has 0 aliphatic carbocycles. The number of piperazine rings is 1. The van der Waals surface area contributed by atoms with Gasteiger partial charge in [0, 0.05) is 38.9 Å². The normalized spacial score (nSPS) is 14.7. The summed E-state index contributed by atoms with van der Waals surface area (Å²) >= 11 is 0. The lowest BCUT2D eigenvalue weighted by molar-refractivity contribution is -0.136. The zero-order valence-corrected chi connectivity index (χ0v) is 11.9. The van der Waals surface area contributed by atoms with E-state index >= 15 is 0 Å². The second-order valence-electron chi connectivity index (χ2n) is 4.80. The minimum atomic E-state index is -0.0710. The van der Waals surface area contributed by atoms with Crippen LogP contribution in [0.15, 0.2) is 24.3 Å². The molecule has 0 unspecified atom stereocenters. The number of carbonyl (C=O) groups excluding carboxylic acids is 2. The number of methoxy groups -OCH3 is 1. The Morgan fingerprint density at radius 3 is 2.24 bits per heavy atom. The molecule has 2 rings (SSSR count). The maximum atomic E-state index is 12.3. The summed E-state index contributed by atoms with van der Waals surface area (Å²) in [6.45, 7) is 2.13. The second kappa shape index (κ2) is 6.86. The van der Waals surface area contributed by atoms with Crippen molar-refractivity contribution < 1.29 is 14.3 Å². The fourth-order valence-electron chi connectivity index (χ4n) is 2.24. The molecule has 6 heteroatoms. The van der Waals surface area contributed by atoms with Crippen molar-refractivity contribution in [3.8, 4) is 6.07 Å². The van der Waals surface area contributed by atoms with E-state index in [9.17, 15) is 9.59 Å². The van der Waals surface area contributed by atoms with Gasteiger partial charge in [-0.3, -0.25) is 9.59 Å². The van der Waals surface area contributed by atoms with E-state index in [4.69, 9.17) is 10.00 Å². The lowest BCUT2D eigenvalue weighted by atomic mass is 10.1. The van der Waals surface area contributed by atoms with Gasteiger partial charge in [-0.05, 0) is 24.3 Å². The van der Waals surface area contributed by atoms with Gasteiger partial charge in [-0.2, -0.15) is 5.26 Å². The molecule has 0 aromatic heterocycles. The standard InChI is InChI=1S/C15H17N3O3/c1-21-11-14(19)17-6-8-18(9-7-17)15(20)13-4-2-12(10-16)3-5-13/h2-5H,6-9,11H2,1H3. The molecule has 0 radical (unpaired) electrons. The van der Waals surface area contributed by atoms with Gasteiger partial charge in [-0.15, -0.1) is 0 Å². The number of ether oxygens (including phenoxy) is 1. The lowest BCUT2D eigenvalue weighted by Crippen LogP contribution is -2.51. The highest BCUT2D eigenvalue weighted by molar-refractivity contribution is 5.94. The number of carbonyl (C=O) groups is 2. The van der Waals surface area contributed by atoms with Crippen molar-refractivity contribution in [1.29, 1.82) is 5.26 Å². The van der Waals surface area contributed by atoms with Crippen LogP contribution in [0.25, 0.3) is 0 Å². The molecule has 0 bridgehead atoms. The third-order valence-corrected chi connectivity index (χ3v) is 3.45. The van der Waals surface area contributed by atoms with E-state index < -0.39 is 0 Å². The van der Waals surface area contributed by atoms with Crippen LogP contribution in [0.2, 0.25) is 0 Å². The monoisotopic (exact) mass is 287 g/mol. The first-order chi connectivity index (χ1) is 10.2. The second-order valence-corrected chi connectivity index (χ2v) is 4.80. The van der Waals surface area contributed by atoms with Gasteiger partial charge in [0.15, 0.2) is 0 Å². The maximum absolute atomic E-state index is 12.3. The predicted octanol–water partition coefficient (Wildman–Crippen LogP) is 0.489. The summed E-state index contributed by atoms with van der Waals surface area (Å²) in [4.78, 5) is 27.4. The first-order valence-corrected chi connectivity index (χ1v) is 6.72. The van der Waals surface area contributed by atoms with Crippen molar-refractivity contribution in [2.45, 2.75) is 0 Å². The molecule has 0 saturated carbocycles. The average Bonchev–Trinajstić information content (AvgIpc) is 2.54. The molecule has 1 fully saturated rings. The minimum absolute atomic E-state index is 0.0528. The van der Waals surface area contributed by atoms with Crippen molar-refractivity contribution in [2.75, 3.05) is 39.9 Å². The Morgan fingerprint density at radius 1 is 1.14 bits per heavy atom. The van der Waals surface area contributed by atoms with Gasteiger partial charge < -0.3 is 14.5 Å². The zero-order chi connectivity index (χ0) is 15.2. The molecule has 21 heavy (non-hydrogen) atoms. The number of rotatable bonds is 3. The van der Waals surface area contributed by atoms with E-state index in [1.165, 1.54) is 7.11 Å². The molecule has 2 amide bonds. The first kappa shape index (κ1) is 15.0. The van der Waals surface area contributed by atoms with E-state index in [2.05, 4.69) is 0 Å². The number of nitriles is 1. The highest BCUT2D eigenvalue weighted by atomic mass is 16.5. The van der Waals surface area contributed by atoms with E-state index in [0.717, 1.165) is 0 Å². The van der Waals surface area contributed by atoms with Gasteiger partial charge in [0.05, 0.1) is 11.6 Å². The highest BCUT2D eigenvalue weighted by Crippen LogP contribution is 2.10. The lowest BCUT2D eigenvalue weighted by Gasteiger charge is -2.34. The van der Waals surface area contributed by atoms with Crippen LogP contribution in [0, 0.1) is 11.3 Å². The number of nitrogens with zero attached hydrogens (tertiary/aromatic N) is 3. The summed E-state index contributed by atoms with van der Waals surface area (Å²) in [5.74, 6) is -0.124. The third-order valence-electron chi connectivity index (χ3n) is 3.45. The molecule has 110 valence electrons. The van der Waals surface area contributed by atoms with E-state index in [-0.39, 0.29) is 18.4 Å². The van der Waals surface area contributed by atoms with Crippen LogP contribution in [-0.4, -0.2) is 61.5 Å². The molecule has 1 saturated heterocycles. The molecule has 1 aliphatic heterocycles. The summed E-state index contributed by atoms with van der Waals surface area (Å²) in [6, 6.07) is 8.60. The van der Waals surface area contributed by atoms with Crippen molar-refractivity contribution in [3.63, 3.8) is 0 Å². The Hall–Kier alpha value is -2.39. The average molecular weight is 287 g/mol. The summed E-state index contributed by atoms with van der Waals surface area (Å²) < 4.78 is 4.82. The zero-order valence-electron chi connectivity index (χ0n) is 11.9. The number of hydrogen-bond donors (Lipinski definition) is 0. The summed E-state index contributed by atoms with van der Waals surface area (Å²) in [5.41, 5.74) is 1.09. The SMILES string of the molecule is COCC(=O)N1CCN(C(=O)c2ccc(C#N)cc2)CC1. The molecule has 1 aromatic carbocycles. The Bertz CT molecular complexity index is 555. The van der Waals surface area contributed by atoms with Gasteiger partial charge in [0.1, 0.15) is 6.61 Å². The van der Waals surface area contributed by atoms with Crippen LogP contribution in [0.1, 0.15) is 15.9 Å². The summed E-state index contributed by atoms with van der Waals surface area (Å²) in [6.07, 6.45) is 0. The van der Waals surface area contributed by atoms with Crippen LogP contribution in [0.4, 0.5) is 0 Å². The molecule has 1 heterocycles. The molecule has 0 atom stereocenters. The summed E-state index contributed by atoms with van der Waals surface area (Å²) in [7, 11) is 1.49. The van der Waals surface area contributed by atoms with Crippen LogP contribution < -0.4 is 0 Å². The predicted molar refractivity (Wildman–Crippen MR) is 75.5 cm³/mol. The molecule has 0 N–H and O–H groups in total. The summed E-state index contributed by atoms with van der Waals surface area (Å²) in [5, 5.41) is 8.75. The van der Waals surface area contributed by atoms with Gasteiger partial charge in [0.2, 0.25) is 5.91 Å². The van der Waals surface area contributed by atoms with E-state index in [0.29, 0.717) is 37.3 Å². The van der Waals surface area contributed by atoms with Gasteiger partial charge in [0.25, 0.3) is 5.91 Å². The number of benzene rings is 1. The minimum Gasteiger partial charge on any atom is -0.375 e. The van der Waals surface area contributed by atoms with Crippen LogP contribution >= 0.6 is 0 Å². The highest BCUT2D eigenvalue weighted by Gasteiger charge is 2.24.